The fraction of sp³-hybridized carbons (Fsp3) is 0.143. The summed E-state index contributed by atoms with van der Waals surface area (Å²) < 4.78 is 0. The molecule has 3 aromatic rings. The van der Waals surface area contributed by atoms with Crippen molar-refractivity contribution in [1.82, 2.24) is 15.2 Å². The van der Waals surface area contributed by atoms with E-state index in [1.807, 2.05) is 18.4 Å². The number of benzene rings is 1. The molecule has 0 aliphatic rings. The van der Waals surface area contributed by atoms with Crippen LogP contribution in [0.4, 0.5) is 0 Å². The molecule has 3 rings (SSSR count). The third kappa shape index (κ3) is 1.98. The molecule has 98 valence electrons. The molecule has 1 unspecified atom stereocenters. The first-order valence-corrected chi connectivity index (χ1v) is 6.86. The molecule has 0 amide bonds. The van der Waals surface area contributed by atoms with E-state index < -0.39 is 5.92 Å². The highest BCUT2D eigenvalue weighted by atomic mass is 32.1. The number of nitrogens with one attached hydrogen (secondary N) is 1. The van der Waals surface area contributed by atoms with E-state index >= 15 is 0 Å². The lowest BCUT2D eigenvalue weighted by Gasteiger charge is -2.06. The minimum Gasteiger partial charge on any atom is -0.292 e. The molecular formula is C14H10N4OS. The van der Waals surface area contributed by atoms with Crippen molar-refractivity contribution in [2.75, 3.05) is 0 Å². The maximum atomic E-state index is 12.6. The van der Waals surface area contributed by atoms with Gasteiger partial charge in [0.1, 0.15) is 5.01 Å². The minimum atomic E-state index is -0.873. The van der Waals surface area contributed by atoms with E-state index in [1.54, 1.807) is 18.3 Å². The van der Waals surface area contributed by atoms with E-state index in [9.17, 15) is 10.1 Å². The van der Waals surface area contributed by atoms with Crippen molar-refractivity contribution in [1.29, 1.82) is 5.26 Å². The first-order chi connectivity index (χ1) is 9.70. The Kier molecular flexibility index (Phi) is 3.05. The third-order valence-electron chi connectivity index (χ3n) is 3.02. The molecule has 5 nitrogen and oxygen atoms in total. The predicted molar refractivity (Wildman–Crippen MR) is 75.6 cm³/mol. The van der Waals surface area contributed by atoms with Crippen LogP contribution >= 0.6 is 11.3 Å². The zero-order valence-corrected chi connectivity index (χ0v) is 11.4. The number of aromatic nitrogens is 3. The maximum Gasteiger partial charge on any atom is 0.189 e. The standard InChI is InChI=1S/C14H10N4OS/c1-8-7-20-14(17-8)11(5-15)13(19)10-4-2-3-9-6-16-18-12(9)10/h2-4,6-7,11H,1H3,(H,16,18). The molecule has 1 N–H and O–H groups in total. The SMILES string of the molecule is Cc1csc(C(C#N)C(=O)c2cccc3cn[nH]c23)n1. The van der Waals surface area contributed by atoms with E-state index in [2.05, 4.69) is 21.3 Å². The Hall–Kier alpha value is -2.52. The van der Waals surface area contributed by atoms with Crippen LogP contribution in [0.1, 0.15) is 27.0 Å². The molecule has 1 atom stereocenters. The third-order valence-corrected chi connectivity index (χ3v) is 4.04. The quantitative estimate of drug-likeness (QED) is 0.749. The number of nitriles is 1. The van der Waals surface area contributed by atoms with Crippen LogP contribution < -0.4 is 0 Å². The number of rotatable bonds is 3. The van der Waals surface area contributed by atoms with Gasteiger partial charge in [0.2, 0.25) is 0 Å². The average Bonchev–Trinajstić information content (AvgIpc) is 3.07. The maximum absolute atomic E-state index is 12.6. The second-order valence-electron chi connectivity index (χ2n) is 4.39. The van der Waals surface area contributed by atoms with Crippen LogP contribution in [0.25, 0.3) is 10.9 Å². The molecule has 0 fully saturated rings. The Morgan fingerprint density at radius 3 is 3.05 bits per heavy atom. The molecule has 0 bridgehead atoms. The molecular weight excluding hydrogens is 272 g/mol. The highest BCUT2D eigenvalue weighted by Crippen LogP contribution is 2.26. The van der Waals surface area contributed by atoms with Crippen LogP contribution in [-0.2, 0) is 0 Å². The van der Waals surface area contributed by atoms with Crippen LogP contribution in [-0.4, -0.2) is 21.0 Å². The lowest BCUT2D eigenvalue weighted by atomic mass is 9.98. The van der Waals surface area contributed by atoms with Gasteiger partial charge in [-0.3, -0.25) is 9.89 Å². The van der Waals surface area contributed by atoms with Gasteiger partial charge in [-0.25, -0.2) is 4.98 Å². The van der Waals surface area contributed by atoms with Crippen molar-refractivity contribution in [2.24, 2.45) is 0 Å². The number of carbonyl (C=O) groups excluding carboxylic acids is 1. The number of hydrogen-bond acceptors (Lipinski definition) is 5. The number of nitrogens with zero attached hydrogens (tertiary/aromatic N) is 3. The summed E-state index contributed by atoms with van der Waals surface area (Å²) in [6.45, 7) is 1.84. The molecule has 0 aliphatic carbocycles. The Labute approximate surface area is 118 Å². The Bertz CT molecular complexity index is 827. The fourth-order valence-electron chi connectivity index (χ4n) is 2.06. The number of hydrogen-bond donors (Lipinski definition) is 1. The zero-order chi connectivity index (χ0) is 14.1. The van der Waals surface area contributed by atoms with Crippen LogP contribution in [0.2, 0.25) is 0 Å². The topological polar surface area (TPSA) is 82.4 Å². The minimum absolute atomic E-state index is 0.253. The largest absolute Gasteiger partial charge is 0.292 e. The number of fused-ring (bicyclic) bond motifs is 1. The van der Waals surface area contributed by atoms with Crippen molar-refractivity contribution >= 4 is 28.0 Å². The number of Topliss-reactive ketones (excluding diaryl/α,β-unsaturated/α-hetero) is 1. The number of para-hydroxylation sites is 1. The molecule has 6 heteroatoms. The highest BCUT2D eigenvalue weighted by Gasteiger charge is 2.26. The average molecular weight is 282 g/mol. The van der Waals surface area contributed by atoms with E-state index in [0.29, 0.717) is 16.1 Å². The van der Waals surface area contributed by atoms with E-state index in [4.69, 9.17) is 0 Å². The zero-order valence-electron chi connectivity index (χ0n) is 10.6. The molecule has 0 spiro atoms. The van der Waals surface area contributed by atoms with Gasteiger partial charge in [0.25, 0.3) is 0 Å². The summed E-state index contributed by atoms with van der Waals surface area (Å²) >= 11 is 1.33. The number of aryl methyl sites for hydroxylation is 1. The summed E-state index contributed by atoms with van der Waals surface area (Å²) in [5.74, 6) is -1.13. The number of thiazole rings is 1. The van der Waals surface area contributed by atoms with Gasteiger partial charge >= 0.3 is 0 Å². The monoisotopic (exact) mass is 282 g/mol. The van der Waals surface area contributed by atoms with Crippen LogP contribution in [0.15, 0.2) is 29.8 Å². The smallest absolute Gasteiger partial charge is 0.189 e. The van der Waals surface area contributed by atoms with Gasteiger partial charge < -0.3 is 0 Å². The summed E-state index contributed by atoms with van der Waals surface area (Å²) in [5, 5.41) is 19.3. The summed E-state index contributed by atoms with van der Waals surface area (Å²) in [7, 11) is 0. The van der Waals surface area contributed by atoms with Crippen molar-refractivity contribution in [3.8, 4) is 6.07 Å². The number of carbonyl (C=O) groups is 1. The summed E-state index contributed by atoms with van der Waals surface area (Å²) in [6.07, 6.45) is 1.65. The van der Waals surface area contributed by atoms with Gasteiger partial charge in [-0.2, -0.15) is 10.4 Å². The van der Waals surface area contributed by atoms with Crippen LogP contribution in [0.5, 0.6) is 0 Å². The summed E-state index contributed by atoms with van der Waals surface area (Å²) in [4.78, 5) is 16.8. The fourth-order valence-corrected chi connectivity index (χ4v) is 2.90. The second-order valence-corrected chi connectivity index (χ2v) is 5.28. The van der Waals surface area contributed by atoms with Gasteiger partial charge in [0.15, 0.2) is 11.7 Å². The first kappa shape index (κ1) is 12.5. The lowest BCUT2D eigenvalue weighted by Crippen LogP contribution is -2.11. The predicted octanol–water partition coefficient (Wildman–Crippen LogP) is 2.82. The van der Waals surface area contributed by atoms with Crippen molar-refractivity contribution < 1.29 is 4.79 Å². The molecule has 20 heavy (non-hydrogen) atoms. The molecule has 0 aliphatic heterocycles. The first-order valence-electron chi connectivity index (χ1n) is 5.98. The Balaban J connectivity index is 2.07. The van der Waals surface area contributed by atoms with Gasteiger partial charge in [-0.05, 0) is 13.0 Å². The van der Waals surface area contributed by atoms with E-state index in [-0.39, 0.29) is 5.78 Å². The number of aromatic amines is 1. The normalized spacial score (nSPS) is 12.2. The second kappa shape index (κ2) is 4.87. The van der Waals surface area contributed by atoms with Crippen LogP contribution in [0.3, 0.4) is 0 Å². The van der Waals surface area contributed by atoms with Crippen molar-refractivity contribution in [3.05, 3.63) is 46.0 Å². The van der Waals surface area contributed by atoms with E-state index in [1.165, 1.54) is 11.3 Å². The van der Waals surface area contributed by atoms with Gasteiger partial charge in [-0.15, -0.1) is 11.3 Å². The molecule has 2 heterocycles. The molecule has 0 radical (unpaired) electrons. The van der Waals surface area contributed by atoms with Crippen LogP contribution in [0, 0.1) is 18.3 Å². The summed E-state index contributed by atoms with van der Waals surface area (Å²) in [5.41, 5.74) is 1.95. The van der Waals surface area contributed by atoms with Crippen molar-refractivity contribution in [3.63, 3.8) is 0 Å². The van der Waals surface area contributed by atoms with E-state index in [0.717, 1.165) is 11.1 Å². The highest BCUT2D eigenvalue weighted by molar-refractivity contribution is 7.10. The van der Waals surface area contributed by atoms with Crippen molar-refractivity contribution in [2.45, 2.75) is 12.8 Å². The van der Waals surface area contributed by atoms with Gasteiger partial charge in [-0.1, -0.05) is 12.1 Å². The Morgan fingerprint density at radius 2 is 2.35 bits per heavy atom. The Morgan fingerprint density at radius 1 is 1.50 bits per heavy atom. The molecule has 0 saturated heterocycles. The molecule has 1 aromatic carbocycles. The van der Waals surface area contributed by atoms with Gasteiger partial charge in [0.05, 0.1) is 17.8 Å². The molecule has 2 aromatic heterocycles. The molecule has 0 saturated carbocycles. The summed E-state index contributed by atoms with van der Waals surface area (Å²) in [6, 6.07) is 7.40. The number of H-pyrrole nitrogens is 1. The number of ketones is 1. The van der Waals surface area contributed by atoms with Gasteiger partial charge in [0, 0.05) is 22.0 Å². The lowest BCUT2D eigenvalue weighted by molar-refractivity contribution is 0.0980.